The second-order valence-corrected chi connectivity index (χ2v) is 6.59. The van der Waals surface area contributed by atoms with Gasteiger partial charge in [-0.05, 0) is 38.5 Å². The molecule has 0 spiro atoms. The van der Waals surface area contributed by atoms with E-state index in [2.05, 4.69) is 34.0 Å². The zero-order valence-corrected chi connectivity index (χ0v) is 13.5. The Morgan fingerprint density at radius 3 is 3.25 bits per heavy atom. The van der Waals surface area contributed by atoms with Gasteiger partial charge in [0.25, 0.3) is 0 Å². The Morgan fingerprint density at radius 1 is 1.65 bits per heavy atom. The minimum Gasteiger partial charge on any atom is -0.359 e. The second kappa shape index (κ2) is 7.71. The summed E-state index contributed by atoms with van der Waals surface area (Å²) < 4.78 is 0. The first-order valence-electron chi connectivity index (χ1n) is 7.03. The predicted octanol–water partition coefficient (Wildman–Crippen LogP) is 2.99. The van der Waals surface area contributed by atoms with Gasteiger partial charge in [0.1, 0.15) is 0 Å². The van der Waals surface area contributed by atoms with Crippen molar-refractivity contribution in [3.63, 3.8) is 0 Å². The lowest BCUT2D eigenvalue weighted by Gasteiger charge is -2.32. The van der Waals surface area contributed by atoms with Crippen molar-refractivity contribution in [1.82, 2.24) is 15.2 Å². The van der Waals surface area contributed by atoms with Crippen LogP contribution in [0.5, 0.6) is 0 Å². The summed E-state index contributed by atoms with van der Waals surface area (Å²) in [6.45, 7) is 8.81. The smallest absolute Gasteiger partial charge is 0.189 e. The van der Waals surface area contributed by atoms with Gasteiger partial charge in [0.05, 0.1) is 0 Å². The van der Waals surface area contributed by atoms with E-state index in [1.54, 1.807) is 17.4 Å². The molecule has 2 N–H and O–H groups in total. The molecule has 0 bridgehead atoms. The Kier molecular flexibility index (Phi) is 5.94. The molecule has 110 valence electrons. The summed E-state index contributed by atoms with van der Waals surface area (Å²) >= 11 is 6.85. The van der Waals surface area contributed by atoms with Crippen LogP contribution in [0.2, 0.25) is 0 Å². The fraction of sp³-hybridized carbons (Fsp3) is 0.571. The molecule has 1 saturated heterocycles. The van der Waals surface area contributed by atoms with Crippen LogP contribution >= 0.6 is 23.6 Å². The van der Waals surface area contributed by atoms with Crippen molar-refractivity contribution >= 4 is 33.8 Å². The minimum absolute atomic E-state index is 0.595. The van der Waals surface area contributed by atoms with Crippen molar-refractivity contribution < 1.29 is 0 Å². The molecule has 6 heteroatoms. The second-order valence-electron chi connectivity index (χ2n) is 5.07. The molecule has 2 heterocycles. The van der Waals surface area contributed by atoms with E-state index in [0.29, 0.717) is 17.7 Å². The third-order valence-electron chi connectivity index (χ3n) is 3.48. The van der Waals surface area contributed by atoms with E-state index in [1.807, 2.05) is 6.20 Å². The Bertz CT molecular complexity index is 458. The van der Waals surface area contributed by atoms with Gasteiger partial charge >= 0.3 is 0 Å². The van der Waals surface area contributed by atoms with Gasteiger partial charge in [0, 0.05) is 30.2 Å². The van der Waals surface area contributed by atoms with Crippen molar-refractivity contribution in [3.05, 3.63) is 23.7 Å². The van der Waals surface area contributed by atoms with Gasteiger partial charge in [-0.1, -0.05) is 12.5 Å². The first kappa shape index (κ1) is 15.4. The van der Waals surface area contributed by atoms with Gasteiger partial charge in [0.15, 0.2) is 10.2 Å². The number of likely N-dealkylation sites (tertiary alicyclic amines) is 1. The summed E-state index contributed by atoms with van der Waals surface area (Å²) in [4.78, 5) is 8.20. The van der Waals surface area contributed by atoms with Gasteiger partial charge in [-0.15, -0.1) is 17.9 Å². The lowest BCUT2D eigenvalue weighted by molar-refractivity contribution is 0.154. The maximum Gasteiger partial charge on any atom is 0.189 e. The predicted molar refractivity (Wildman–Crippen MR) is 90.3 cm³/mol. The normalized spacial score (nSPS) is 19.6. The van der Waals surface area contributed by atoms with Crippen LogP contribution in [0.1, 0.15) is 31.1 Å². The average Bonchev–Trinajstić information content (AvgIpc) is 2.86. The lowest BCUT2D eigenvalue weighted by Crippen LogP contribution is -2.36. The minimum atomic E-state index is 0.595. The molecule has 1 atom stereocenters. The van der Waals surface area contributed by atoms with Gasteiger partial charge in [-0.25, -0.2) is 4.98 Å². The molecule has 1 aliphatic heterocycles. The highest BCUT2D eigenvalue weighted by molar-refractivity contribution is 7.80. The van der Waals surface area contributed by atoms with Crippen LogP contribution in [0.3, 0.4) is 0 Å². The third-order valence-corrected chi connectivity index (χ3v) is 4.62. The molecule has 1 fully saturated rings. The monoisotopic (exact) mass is 310 g/mol. The van der Waals surface area contributed by atoms with Crippen molar-refractivity contribution in [2.45, 2.75) is 38.8 Å². The SMILES string of the molecule is C=CCNC(=S)Nc1ncc(CN2CCCCC2C)s1. The Balaban J connectivity index is 1.85. The summed E-state index contributed by atoms with van der Waals surface area (Å²) in [6.07, 6.45) is 7.70. The Hall–Kier alpha value is -0.980. The summed E-state index contributed by atoms with van der Waals surface area (Å²) in [5, 5.41) is 7.59. The summed E-state index contributed by atoms with van der Waals surface area (Å²) in [7, 11) is 0. The number of hydrogen-bond acceptors (Lipinski definition) is 4. The van der Waals surface area contributed by atoms with Crippen LogP contribution in [0.15, 0.2) is 18.9 Å². The zero-order valence-electron chi connectivity index (χ0n) is 11.9. The number of nitrogens with one attached hydrogen (secondary N) is 2. The quantitative estimate of drug-likeness (QED) is 0.646. The number of hydrogen-bond donors (Lipinski definition) is 2. The highest BCUT2D eigenvalue weighted by Crippen LogP contribution is 2.24. The van der Waals surface area contributed by atoms with E-state index in [4.69, 9.17) is 12.2 Å². The number of aromatic nitrogens is 1. The van der Waals surface area contributed by atoms with E-state index in [-0.39, 0.29) is 0 Å². The van der Waals surface area contributed by atoms with Crippen LogP contribution in [-0.2, 0) is 6.54 Å². The molecule has 1 aromatic heterocycles. The Labute approximate surface area is 130 Å². The standard InChI is InChI=1S/C14H22N4S2/c1-3-7-15-13(19)17-14-16-9-12(20-14)10-18-8-5-4-6-11(18)2/h3,9,11H,1,4-8,10H2,2H3,(H2,15,16,17,19). The van der Waals surface area contributed by atoms with E-state index < -0.39 is 0 Å². The maximum absolute atomic E-state index is 5.18. The van der Waals surface area contributed by atoms with E-state index in [0.717, 1.165) is 11.7 Å². The number of thiazole rings is 1. The van der Waals surface area contributed by atoms with E-state index >= 15 is 0 Å². The summed E-state index contributed by atoms with van der Waals surface area (Å²) in [5.74, 6) is 0. The molecule has 1 aliphatic rings. The molecule has 2 rings (SSSR count). The number of nitrogens with zero attached hydrogens (tertiary/aromatic N) is 2. The molecule has 0 saturated carbocycles. The molecular formula is C14H22N4S2. The zero-order chi connectivity index (χ0) is 14.4. The molecule has 20 heavy (non-hydrogen) atoms. The first-order chi connectivity index (χ1) is 9.69. The van der Waals surface area contributed by atoms with Crippen LogP contribution < -0.4 is 10.6 Å². The number of anilines is 1. The Morgan fingerprint density at radius 2 is 2.50 bits per heavy atom. The molecule has 1 aromatic rings. The number of thiocarbonyl (C=S) groups is 1. The molecule has 0 aromatic carbocycles. The van der Waals surface area contributed by atoms with Crippen molar-refractivity contribution in [1.29, 1.82) is 0 Å². The third kappa shape index (κ3) is 4.54. The van der Waals surface area contributed by atoms with Crippen molar-refractivity contribution in [2.24, 2.45) is 0 Å². The van der Waals surface area contributed by atoms with E-state index in [9.17, 15) is 0 Å². The molecule has 0 amide bonds. The van der Waals surface area contributed by atoms with E-state index in [1.165, 1.54) is 30.7 Å². The van der Waals surface area contributed by atoms with Gasteiger partial charge in [-0.2, -0.15) is 0 Å². The largest absolute Gasteiger partial charge is 0.359 e. The highest BCUT2D eigenvalue weighted by atomic mass is 32.1. The van der Waals surface area contributed by atoms with Gasteiger partial charge in [-0.3, -0.25) is 4.90 Å². The van der Waals surface area contributed by atoms with Crippen LogP contribution in [0.25, 0.3) is 0 Å². The van der Waals surface area contributed by atoms with Crippen molar-refractivity contribution in [2.75, 3.05) is 18.4 Å². The van der Waals surface area contributed by atoms with Crippen LogP contribution in [0, 0.1) is 0 Å². The molecule has 4 nitrogen and oxygen atoms in total. The lowest BCUT2D eigenvalue weighted by atomic mass is 10.0. The first-order valence-corrected chi connectivity index (χ1v) is 8.26. The molecular weight excluding hydrogens is 288 g/mol. The highest BCUT2D eigenvalue weighted by Gasteiger charge is 2.19. The molecule has 0 aliphatic carbocycles. The maximum atomic E-state index is 5.18. The summed E-state index contributed by atoms with van der Waals surface area (Å²) in [6, 6.07) is 0.678. The number of piperidine rings is 1. The summed E-state index contributed by atoms with van der Waals surface area (Å²) in [5.41, 5.74) is 0. The molecule has 1 unspecified atom stereocenters. The van der Waals surface area contributed by atoms with Crippen LogP contribution in [0.4, 0.5) is 5.13 Å². The van der Waals surface area contributed by atoms with Crippen molar-refractivity contribution in [3.8, 4) is 0 Å². The topological polar surface area (TPSA) is 40.2 Å². The fourth-order valence-corrected chi connectivity index (χ4v) is 3.42. The van der Waals surface area contributed by atoms with Gasteiger partial charge in [0.2, 0.25) is 0 Å². The fourth-order valence-electron chi connectivity index (χ4n) is 2.34. The molecule has 0 radical (unpaired) electrons. The van der Waals surface area contributed by atoms with Crippen LogP contribution in [-0.4, -0.2) is 34.1 Å². The van der Waals surface area contributed by atoms with Gasteiger partial charge < -0.3 is 10.6 Å². The number of rotatable bonds is 5. The average molecular weight is 310 g/mol.